The van der Waals surface area contributed by atoms with Gasteiger partial charge in [-0.15, -0.1) is 0 Å². The van der Waals surface area contributed by atoms with Crippen molar-refractivity contribution in [1.82, 2.24) is 5.43 Å². The zero-order valence-corrected chi connectivity index (χ0v) is 12.1. The molecule has 0 aliphatic heterocycles. The molecule has 0 aliphatic rings. The smallest absolute Gasteiger partial charge is 0.387 e. The number of rotatable bonds is 7. The van der Waals surface area contributed by atoms with Crippen LogP contribution in [-0.4, -0.2) is 25.3 Å². The van der Waals surface area contributed by atoms with Crippen molar-refractivity contribution in [2.24, 2.45) is 5.10 Å². The normalized spacial score (nSPS) is 10.7. The molecule has 120 valence electrons. The van der Waals surface area contributed by atoms with Gasteiger partial charge in [0.2, 0.25) is 0 Å². The van der Waals surface area contributed by atoms with E-state index in [9.17, 15) is 13.6 Å². The zero-order valence-electron chi connectivity index (χ0n) is 12.1. The van der Waals surface area contributed by atoms with Crippen LogP contribution in [0.4, 0.5) is 14.5 Å². The van der Waals surface area contributed by atoms with Crippen molar-refractivity contribution in [3.8, 4) is 5.75 Å². The lowest BCUT2D eigenvalue weighted by Gasteiger charge is -2.05. The summed E-state index contributed by atoms with van der Waals surface area (Å²) in [6, 6.07) is 15.2. The van der Waals surface area contributed by atoms with Crippen LogP contribution in [-0.2, 0) is 4.79 Å². The number of nitrogens with one attached hydrogen (secondary N) is 2. The van der Waals surface area contributed by atoms with Gasteiger partial charge in [-0.05, 0) is 42.0 Å². The summed E-state index contributed by atoms with van der Waals surface area (Å²) in [5.74, 6) is -0.240. The highest BCUT2D eigenvalue weighted by Crippen LogP contribution is 2.13. The fraction of sp³-hybridized carbons (Fsp3) is 0.125. The highest BCUT2D eigenvalue weighted by Gasteiger charge is 2.03. The Hall–Kier alpha value is -2.96. The Labute approximate surface area is 132 Å². The molecule has 0 heterocycles. The Kier molecular flexibility index (Phi) is 6.05. The molecule has 0 radical (unpaired) electrons. The van der Waals surface area contributed by atoms with E-state index in [2.05, 4.69) is 20.6 Å². The van der Waals surface area contributed by atoms with Crippen molar-refractivity contribution >= 4 is 17.8 Å². The van der Waals surface area contributed by atoms with E-state index < -0.39 is 6.61 Å². The summed E-state index contributed by atoms with van der Waals surface area (Å²) in [5, 5.41) is 6.74. The Bertz CT molecular complexity index is 646. The first-order chi connectivity index (χ1) is 11.1. The number of halogens is 2. The summed E-state index contributed by atoms with van der Waals surface area (Å²) in [7, 11) is 0. The molecule has 0 saturated carbocycles. The number of amides is 1. The Morgan fingerprint density at radius 1 is 1.13 bits per heavy atom. The first-order valence-corrected chi connectivity index (χ1v) is 6.79. The highest BCUT2D eigenvalue weighted by molar-refractivity contribution is 5.84. The molecule has 2 rings (SSSR count). The van der Waals surface area contributed by atoms with Crippen LogP contribution in [0.5, 0.6) is 5.75 Å². The number of hydrogen-bond donors (Lipinski definition) is 2. The molecular weight excluding hydrogens is 304 g/mol. The lowest BCUT2D eigenvalue weighted by Crippen LogP contribution is -2.25. The van der Waals surface area contributed by atoms with Gasteiger partial charge >= 0.3 is 6.61 Å². The number of carbonyl (C=O) groups is 1. The van der Waals surface area contributed by atoms with Crippen molar-refractivity contribution in [3.05, 3.63) is 60.2 Å². The second-order valence-corrected chi connectivity index (χ2v) is 4.46. The lowest BCUT2D eigenvalue weighted by atomic mass is 10.2. The third kappa shape index (κ3) is 6.13. The van der Waals surface area contributed by atoms with Gasteiger partial charge < -0.3 is 10.1 Å². The molecular formula is C16H15F2N3O2. The second kappa shape index (κ2) is 8.47. The van der Waals surface area contributed by atoms with Gasteiger partial charge in [0.15, 0.2) is 0 Å². The molecule has 1 amide bonds. The third-order valence-corrected chi connectivity index (χ3v) is 2.73. The fourth-order valence-electron chi connectivity index (χ4n) is 1.69. The molecule has 0 unspecified atom stereocenters. The average Bonchev–Trinajstić information content (AvgIpc) is 2.55. The maximum Gasteiger partial charge on any atom is 0.387 e. The second-order valence-electron chi connectivity index (χ2n) is 4.46. The summed E-state index contributed by atoms with van der Waals surface area (Å²) in [6.07, 6.45) is 1.41. The largest absolute Gasteiger partial charge is 0.435 e. The first kappa shape index (κ1) is 16.4. The minimum Gasteiger partial charge on any atom is -0.435 e. The number of para-hydroxylation sites is 1. The van der Waals surface area contributed by atoms with Gasteiger partial charge in [0.1, 0.15) is 5.75 Å². The number of alkyl halides is 2. The molecule has 2 N–H and O–H groups in total. The maximum absolute atomic E-state index is 12.0. The van der Waals surface area contributed by atoms with Crippen molar-refractivity contribution in [1.29, 1.82) is 0 Å². The number of hydrazone groups is 1. The minimum absolute atomic E-state index is 0.0632. The molecule has 2 aromatic carbocycles. The molecule has 5 nitrogen and oxygen atoms in total. The number of hydrogen-bond acceptors (Lipinski definition) is 4. The SMILES string of the molecule is O=C(CNc1ccccc1)N/N=C\c1ccc(OC(F)F)cc1. The lowest BCUT2D eigenvalue weighted by molar-refractivity contribution is -0.119. The molecule has 0 aromatic heterocycles. The third-order valence-electron chi connectivity index (χ3n) is 2.73. The first-order valence-electron chi connectivity index (χ1n) is 6.79. The van der Waals surface area contributed by atoms with Gasteiger partial charge in [-0.25, -0.2) is 5.43 Å². The van der Waals surface area contributed by atoms with Crippen LogP contribution in [0.2, 0.25) is 0 Å². The molecule has 0 saturated heterocycles. The molecule has 0 aliphatic carbocycles. The molecule has 0 bridgehead atoms. The maximum atomic E-state index is 12.0. The molecule has 0 fully saturated rings. The van der Waals surface area contributed by atoms with Crippen LogP contribution >= 0.6 is 0 Å². The summed E-state index contributed by atoms with van der Waals surface area (Å²) >= 11 is 0. The van der Waals surface area contributed by atoms with E-state index in [4.69, 9.17) is 0 Å². The molecule has 23 heavy (non-hydrogen) atoms. The summed E-state index contributed by atoms with van der Waals surface area (Å²) in [4.78, 5) is 11.6. The summed E-state index contributed by atoms with van der Waals surface area (Å²) in [5.41, 5.74) is 3.84. The Balaban J connectivity index is 1.76. The number of benzene rings is 2. The van der Waals surface area contributed by atoms with E-state index in [1.165, 1.54) is 18.3 Å². The summed E-state index contributed by atoms with van der Waals surface area (Å²) < 4.78 is 28.2. The van der Waals surface area contributed by atoms with Gasteiger partial charge in [0.05, 0.1) is 12.8 Å². The Morgan fingerprint density at radius 2 is 1.83 bits per heavy atom. The van der Waals surface area contributed by atoms with Crippen LogP contribution in [0, 0.1) is 0 Å². The van der Waals surface area contributed by atoms with Crippen molar-refractivity contribution < 1.29 is 18.3 Å². The van der Waals surface area contributed by atoms with Gasteiger partial charge in [-0.2, -0.15) is 13.9 Å². The van der Waals surface area contributed by atoms with Gasteiger partial charge in [0.25, 0.3) is 5.91 Å². The quantitative estimate of drug-likeness (QED) is 0.609. The predicted molar refractivity (Wildman–Crippen MR) is 83.7 cm³/mol. The van der Waals surface area contributed by atoms with E-state index in [0.29, 0.717) is 5.56 Å². The van der Waals surface area contributed by atoms with Crippen molar-refractivity contribution in [2.75, 3.05) is 11.9 Å². The van der Waals surface area contributed by atoms with Crippen LogP contribution in [0.1, 0.15) is 5.56 Å². The molecule has 0 spiro atoms. The monoisotopic (exact) mass is 319 g/mol. The standard InChI is InChI=1S/C16H15F2N3O2/c17-16(18)23-14-8-6-12(7-9-14)10-20-21-15(22)11-19-13-4-2-1-3-5-13/h1-10,16,19H,11H2,(H,21,22)/b20-10-. The molecule has 2 aromatic rings. The molecule has 7 heteroatoms. The summed E-state index contributed by atoms with van der Waals surface area (Å²) in [6.45, 7) is -2.77. The van der Waals surface area contributed by atoms with E-state index in [-0.39, 0.29) is 18.2 Å². The van der Waals surface area contributed by atoms with E-state index in [1.807, 2.05) is 30.3 Å². The fourth-order valence-corrected chi connectivity index (χ4v) is 1.69. The van der Waals surface area contributed by atoms with Crippen molar-refractivity contribution in [3.63, 3.8) is 0 Å². The number of nitrogens with zero attached hydrogens (tertiary/aromatic N) is 1. The zero-order chi connectivity index (χ0) is 16.5. The highest BCUT2D eigenvalue weighted by atomic mass is 19.3. The van der Waals surface area contributed by atoms with Crippen molar-refractivity contribution in [2.45, 2.75) is 6.61 Å². The van der Waals surface area contributed by atoms with Gasteiger partial charge in [0, 0.05) is 5.69 Å². The number of ether oxygens (including phenoxy) is 1. The predicted octanol–water partition coefficient (Wildman–Crippen LogP) is 2.85. The Morgan fingerprint density at radius 3 is 2.48 bits per heavy atom. The average molecular weight is 319 g/mol. The van der Waals surface area contributed by atoms with Gasteiger partial charge in [-0.1, -0.05) is 18.2 Å². The number of carbonyl (C=O) groups excluding carboxylic acids is 1. The molecule has 0 atom stereocenters. The van der Waals surface area contributed by atoms with E-state index in [1.54, 1.807) is 12.1 Å². The van der Waals surface area contributed by atoms with Crippen LogP contribution in [0.25, 0.3) is 0 Å². The van der Waals surface area contributed by atoms with Crippen LogP contribution in [0.3, 0.4) is 0 Å². The van der Waals surface area contributed by atoms with Gasteiger partial charge in [-0.3, -0.25) is 4.79 Å². The number of anilines is 1. The topological polar surface area (TPSA) is 62.7 Å². The van der Waals surface area contributed by atoms with E-state index >= 15 is 0 Å². The minimum atomic E-state index is -2.86. The van der Waals surface area contributed by atoms with Crippen LogP contribution < -0.4 is 15.5 Å². The van der Waals surface area contributed by atoms with E-state index in [0.717, 1.165) is 5.69 Å². The van der Waals surface area contributed by atoms with Crippen LogP contribution in [0.15, 0.2) is 59.7 Å².